The molecule has 4 nitrogen and oxygen atoms in total. The van der Waals surface area contributed by atoms with Gasteiger partial charge in [0.25, 0.3) is 5.91 Å². The predicted molar refractivity (Wildman–Crippen MR) is 103 cm³/mol. The van der Waals surface area contributed by atoms with E-state index in [2.05, 4.69) is 4.99 Å². The van der Waals surface area contributed by atoms with Crippen LogP contribution in [0.4, 0.5) is 18.9 Å². The monoisotopic (exact) mass is 406 g/mol. The Kier molecular flexibility index (Phi) is 5.88. The largest absolute Gasteiger partial charge is 0.416 e. The van der Waals surface area contributed by atoms with Crippen LogP contribution in [-0.4, -0.2) is 34.1 Å². The van der Waals surface area contributed by atoms with E-state index in [1.54, 1.807) is 24.3 Å². The van der Waals surface area contributed by atoms with E-state index in [1.807, 2.05) is 0 Å². The Bertz CT molecular complexity index is 907. The summed E-state index contributed by atoms with van der Waals surface area (Å²) in [5, 5.41) is 0.492. The van der Waals surface area contributed by atoms with Crippen molar-refractivity contribution in [2.24, 2.45) is 4.99 Å². The Morgan fingerprint density at radius 1 is 1.00 bits per heavy atom. The SMILES string of the molecule is CC(=O)c1ccc(N=C2SCCCN2C(=O)c2ccc(C(F)(F)F)cc2)cc1. The maximum absolute atomic E-state index is 12.8. The van der Waals surface area contributed by atoms with E-state index in [0.717, 1.165) is 24.3 Å². The number of carbonyl (C=O) groups is 2. The minimum absolute atomic E-state index is 0.0506. The van der Waals surface area contributed by atoms with Gasteiger partial charge in [-0.1, -0.05) is 11.8 Å². The van der Waals surface area contributed by atoms with Crippen molar-refractivity contribution < 1.29 is 22.8 Å². The van der Waals surface area contributed by atoms with Gasteiger partial charge in [0.15, 0.2) is 11.0 Å². The van der Waals surface area contributed by atoms with Gasteiger partial charge in [0, 0.05) is 23.4 Å². The lowest BCUT2D eigenvalue weighted by Crippen LogP contribution is -2.39. The minimum Gasteiger partial charge on any atom is -0.295 e. The first-order valence-corrected chi connectivity index (χ1v) is 9.56. The predicted octanol–water partition coefficient (Wildman–Crippen LogP) is 5.17. The molecule has 0 aromatic heterocycles. The highest BCUT2D eigenvalue weighted by molar-refractivity contribution is 8.13. The number of ketones is 1. The van der Waals surface area contributed by atoms with Crippen LogP contribution in [0.1, 0.15) is 39.6 Å². The summed E-state index contributed by atoms with van der Waals surface area (Å²) in [5.41, 5.74) is 0.546. The fourth-order valence-corrected chi connectivity index (χ4v) is 3.64. The first-order valence-electron chi connectivity index (χ1n) is 8.57. The van der Waals surface area contributed by atoms with Crippen molar-refractivity contribution in [3.63, 3.8) is 0 Å². The number of hydrogen-bond donors (Lipinski definition) is 0. The topological polar surface area (TPSA) is 49.7 Å². The zero-order valence-corrected chi connectivity index (χ0v) is 15.8. The summed E-state index contributed by atoms with van der Waals surface area (Å²) in [6.45, 7) is 1.92. The highest BCUT2D eigenvalue weighted by atomic mass is 32.2. The van der Waals surface area contributed by atoms with Gasteiger partial charge in [-0.3, -0.25) is 14.5 Å². The quantitative estimate of drug-likeness (QED) is 0.661. The lowest BCUT2D eigenvalue weighted by molar-refractivity contribution is -0.137. The third-order valence-corrected chi connectivity index (χ3v) is 5.25. The van der Waals surface area contributed by atoms with Crippen molar-refractivity contribution in [2.75, 3.05) is 12.3 Å². The van der Waals surface area contributed by atoms with Gasteiger partial charge in [0.2, 0.25) is 0 Å². The number of thioether (sulfide) groups is 1. The Morgan fingerprint density at radius 2 is 1.61 bits per heavy atom. The zero-order chi connectivity index (χ0) is 20.3. The Balaban J connectivity index is 1.84. The highest BCUT2D eigenvalue weighted by Gasteiger charge is 2.31. The standard InChI is InChI=1S/C20H17F3N2O2S/c1-13(26)14-5-9-17(10-6-14)24-19-25(11-2-12-28-19)18(27)15-3-7-16(8-4-15)20(21,22)23/h3-10H,2,11-12H2,1H3. The molecule has 0 spiro atoms. The number of hydrogen-bond acceptors (Lipinski definition) is 4. The molecule has 0 saturated carbocycles. The maximum atomic E-state index is 12.8. The molecule has 0 unspecified atom stereocenters. The second kappa shape index (κ2) is 8.18. The highest BCUT2D eigenvalue weighted by Crippen LogP contribution is 2.30. The molecule has 2 aromatic carbocycles. The minimum atomic E-state index is -4.44. The fraction of sp³-hybridized carbons (Fsp3) is 0.250. The van der Waals surface area contributed by atoms with Crippen LogP contribution >= 0.6 is 11.8 Å². The van der Waals surface area contributed by atoms with Crippen LogP contribution in [0.5, 0.6) is 0 Å². The molecular formula is C20H17F3N2O2S. The number of amides is 1. The van der Waals surface area contributed by atoms with Gasteiger partial charge in [-0.25, -0.2) is 4.99 Å². The molecular weight excluding hydrogens is 389 g/mol. The van der Waals surface area contributed by atoms with Crippen LogP contribution in [0.15, 0.2) is 53.5 Å². The van der Waals surface area contributed by atoms with Crippen molar-refractivity contribution in [2.45, 2.75) is 19.5 Å². The molecule has 1 amide bonds. The maximum Gasteiger partial charge on any atom is 0.416 e. The van der Waals surface area contributed by atoms with E-state index in [9.17, 15) is 22.8 Å². The number of Topliss-reactive ketones (excluding diaryl/α,β-unsaturated/α-hetero) is 1. The van der Waals surface area contributed by atoms with Crippen LogP contribution in [0.25, 0.3) is 0 Å². The average Bonchev–Trinajstić information content (AvgIpc) is 2.68. The number of nitrogens with zero attached hydrogens (tertiary/aromatic N) is 2. The van der Waals surface area contributed by atoms with Gasteiger partial charge in [-0.2, -0.15) is 13.2 Å². The van der Waals surface area contributed by atoms with E-state index >= 15 is 0 Å². The van der Waals surface area contributed by atoms with E-state index in [4.69, 9.17) is 0 Å². The van der Waals surface area contributed by atoms with Crippen LogP contribution in [0, 0.1) is 0 Å². The number of aliphatic imine (C=N–C) groups is 1. The van der Waals surface area contributed by atoms with Crippen molar-refractivity contribution in [3.8, 4) is 0 Å². The summed E-state index contributed by atoms with van der Waals surface area (Å²) in [5.74, 6) is 0.353. The second-order valence-electron chi connectivity index (χ2n) is 6.23. The van der Waals surface area contributed by atoms with Gasteiger partial charge >= 0.3 is 6.18 Å². The molecule has 3 rings (SSSR count). The number of carbonyl (C=O) groups excluding carboxylic acids is 2. The summed E-state index contributed by atoms with van der Waals surface area (Å²) in [7, 11) is 0. The van der Waals surface area contributed by atoms with E-state index in [-0.39, 0.29) is 17.3 Å². The van der Waals surface area contributed by atoms with Crippen molar-refractivity contribution in [1.82, 2.24) is 4.90 Å². The molecule has 0 atom stereocenters. The van der Waals surface area contributed by atoms with Crippen LogP contribution in [-0.2, 0) is 6.18 Å². The molecule has 1 heterocycles. The van der Waals surface area contributed by atoms with E-state index in [1.165, 1.54) is 35.7 Å². The number of halogens is 3. The summed E-state index contributed by atoms with van der Waals surface area (Å²) in [4.78, 5) is 30.2. The smallest absolute Gasteiger partial charge is 0.295 e. The van der Waals surface area contributed by atoms with Crippen molar-refractivity contribution in [3.05, 3.63) is 65.2 Å². The summed E-state index contributed by atoms with van der Waals surface area (Å²) < 4.78 is 38.2. The summed E-state index contributed by atoms with van der Waals surface area (Å²) in [6.07, 6.45) is -3.68. The summed E-state index contributed by atoms with van der Waals surface area (Å²) >= 11 is 1.42. The molecule has 28 heavy (non-hydrogen) atoms. The Morgan fingerprint density at radius 3 is 2.18 bits per heavy atom. The first-order chi connectivity index (χ1) is 13.3. The molecule has 1 fully saturated rings. The van der Waals surface area contributed by atoms with Crippen LogP contribution in [0.2, 0.25) is 0 Å². The first kappa shape index (κ1) is 20.1. The van der Waals surface area contributed by atoms with Gasteiger partial charge < -0.3 is 0 Å². The lowest BCUT2D eigenvalue weighted by Gasteiger charge is -2.28. The van der Waals surface area contributed by atoms with E-state index in [0.29, 0.717) is 23.0 Å². The van der Waals surface area contributed by atoms with Crippen LogP contribution in [0.3, 0.4) is 0 Å². The molecule has 0 radical (unpaired) electrons. The molecule has 0 aliphatic carbocycles. The van der Waals surface area contributed by atoms with Gasteiger partial charge in [0.1, 0.15) is 0 Å². The lowest BCUT2D eigenvalue weighted by atomic mass is 10.1. The third-order valence-electron chi connectivity index (χ3n) is 4.19. The van der Waals surface area contributed by atoms with Crippen molar-refractivity contribution >= 4 is 34.3 Å². The van der Waals surface area contributed by atoms with Gasteiger partial charge in [0.05, 0.1) is 11.3 Å². The van der Waals surface area contributed by atoms with Gasteiger partial charge in [-0.05, 0) is 61.9 Å². The number of benzene rings is 2. The molecule has 1 aliphatic rings. The normalized spacial score (nSPS) is 16.3. The number of alkyl halides is 3. The molecule has 0 bridgehead atoms. The van der Waals surface area contributed by atoms with Crippen LogP contribution < -0.4 is 0 Å². The number of amidine groups is 1. The molecule has 1 aliphatic heterocycles. The zero-order valence-electron chi connectivity index (χ0n) is 15.0. The molecule has 8 heteroatoms. The molecule has 146 valence electrons. The van der Waals surface area contributed by atoms with Gasteiger partial charge in [-0.15, -0.1) is 0 Å². The molecule has 2 aromatic rings. The van der Waals surface area contributed by atoms with E-state index < -0.39 is 11.7 Å². The fourth-order valence-electron chi connectivity index (χ4n) is 2.68. The Labute approximate surface area is 164 Å². The average molecular weight is 406 g/mol. The van der Waals surface area contributed by atoms with Crippen molar-refractivity contribution in [1.29, 1.82) is 0 Å². The second-order valence-corrected chi connectivity index (χ2v) is 7.29. The molecule has 0 N–H and O–H groups in total. The summed E-state index contributed by atoms with van der Waals surface area (Å²) in [6, 6.07) is 10.9. The Hall–Kier alpha value is -2.61. The number of rotatable bonds is 3. The third kappa shape index (κ3) is 4.62. The molecule has 1 saturated heterocycles.